The van der Waals surface area contributed by atoms with Crippen molar-refractivity contribution >= 4 is 5.69 Å². The molecule has 4 heteroatoms. The summed E-state index contributed by atoms with van der Waals surface area (Å²) in [4.78, 5) is 4.53. The highest BCUT2D eigenvalue weighted by molar-refractivity contribution is 5.57. The Morgan fingerprint density at radius 3 is 2.48 bits per heavy atom. The van der Waals surface area contributed by atoms with E-state index in [0.29, 0.717) is 11.1 Å². The summed E-state index contributed by atoms with van der Waals surface area (Å²) < 4.78 is 13.8. The van der Waals surface area contributed by atoms with E-state index in [1.54, 1.807) is 13.8 Å². The van der Waals surface area contributed by atoms with E-state index in [4.69, 9.17) is 0 Å². The van der Waals surface area contributed by atoms with Crippen molar-refractivity contribution in [2.24, 2.45) is 5.92 Å². The van der Waals surface area contributed by atoms with Gasteiger partial charge in [0.05, 0.1) is 6.10 Å². The predicted molar refractivity (Wildman–Crippen MR) is 85.3 cm³/mol. The van der Waals surface area contributed by atoms with Gasteiger partial charge in [0, 0.05) is 30.9 Å². The number of aliphatic hydroxyl groups is 1. The van der Waals surface area contributed by atoms with E-state index in [9.17, 15) is 9.50 Å². The zero-order chi connectivity index (χ0) is 15.6. The summed E-state index contributed by atoms with van der Waals surface area (Å²) in [5.41, 5.74) is 2.33. The molecule has 3 nitrogen and oxygen atoms in total. The summed E-state index contributed by atoms with van der Waals surface area (Å²) in [7, 11) is 4.22. The Hall–Kier alpha value is -1.13. The summed E-state index contributed by atoms with van der Waals surface area (Å²) >= 11 is 0. The molecule has 1 aliphatic rings. The first-order chi connectivity index (χ1) is 9.88. The summed E-state index contributed by atoms with van der Waals surface area (Å²) in [6, 6.07) is 3.37. The van der Waals surface area contributed by atoms with Gasteiger partial charge >= 0.3 is 0 Å². The third kappa shape index (κ3) is 3.95. The van der Waals surface area contributed by atoms with Gasteiger partial charge in [0.15, 0.2) is 0 Å². The van der Waals surface area contributed by atoms with Gasteiger partial charge in [-0.2, -0.15) is 0 Å². The van der Waals surface area contributed by atoms with Crippen molar-refractivity contribution in [2.75, 3.05) is 38.6 Å². The molecule has 1 fully saturated rings. The molecule has 2 rings (SSSR count). The Morgan fingerprint density at radius 2 is 1.95 bits per heavy atom. The smallest absolute Gasteiger partial charge is 0.126 e. The third-order valence-corrected chi connectivity index (χ3v) is 4.34. The molecular weight excluding hydrogens is 267 g/mol. The van der Waals surface area contributed by atoms with E-state index in [0.717, 1.165) is 44.1 Å². The van der Waals surface area contributed by atoms with Crippen molar-refractivity contribution in [1.82, 2.24) is 4.90 Å². The number of nitrogens with zero attached hydrogens (tertiary/aromatic N) is 2. The molecule has 0 amide bonds. The minimum atomic E-state index is -0.644. The quantitative estimate of drug-likeness (QED) is 0.925. The molecular formula is C17H27FN2O. The van der Waals surface area contributed by atoms with Crippen molar-refractivity contribution < 1.29 is 9.50 Å². The molecule has 1 aromatic carbocycles. The number of aryl methyl sites for hydroxylation is 1. The fourth-order valence-corrected chi connectivity index (χ4v) is 3.16. The van der Waals surface area contributed by atoms with Crippen molar-refractivity contribution in [3.05, 3.63) is 29.1 Å². The lowest BCUT2D eigenvalue weighted by molar-refractivity contribution is 0.198. The van der Waals surface area contributed by atoms with E-state index in [1.165, 1.54) is 6.07 Å². The number of aliphatic hydroxyl groups excluding tert-OH is 1. The van der Waals surface area contributed by atoms with Gasteiger partial charge in [-0.15, -0.1) is 0 Å². The van der Waals surface area contributed by atoms with Gasteiger partial charge in [-0.3, -0.25) is 0 Å². The lowest BCUT2D eigenvalue weighted by Crippen LogP contribution is -2.37. The average molecular weight is 294 g/mol. The SMILES string of the molecule is Cc1cc(N2CCC(CN(C)C)CC2)c([C@@H](C)O)cc1F. The highest BCUT2D eigenvalue weighted by atomic mass is 19.1. The van der Waals surface area contributed by atoms with Gasteiger partial charge in [0.1, 0.15) is 5.82 Å². The Morgan fingerprint density at radius 1 is 1.33 bits per heavy atom. The molecule has 0 radical (unpaired) electrons. The van der Waals surface area contributed by atoms with Crippen LogP contribution in [0.15, 0.2) is 12.1 Å². The van der Waals surface area contributed by atoms with Crippen LogP contribution in [0.3, 0.4) is 0 Å². The van der Waals surface area contributed by atoms with Crippen LogP contribution in [0, 0.1) is 18.7 Å². The van der Waals surface area contributed by atoms with Crippen LogP contribution >= 0.6 is 0 Å². The number of piperidine rings is 1. The number of hydrogen-bond donors (Lipinski definition) is 1. The fourth-order valence-electron chi connectivity index (χ4n) is 3.16. The summed E-state index contributed by atoms with van der Waals surface area (Å²) in [5.74, 6) is 0.491. The van der Waals surface area contributed by atoms with E-state index in [-0.39, 0.29) is 5.82 Å². The van der Waals surface area contributed by atoms with E-state index >= 15 is 0 Å². The number of rotatable bonds is 4. The molecule has 0 unspecified atom stereocenters. The molecule has 0 spiro atoms. The largest absolute Gasteiger partial charge is 0.389 e. The zero-order valence-electron chi connectivity index (χ0n) is 13.6. The first-order valence-corrected chi connectivity index (χ1v) is 7.76. The predicted octanol–water partition coefficient (Wildman–Crippen LogP) is 2.97. The standard InChI is InChI=1S/C17H27FN2O/c1-12-9-17(15(13(2)21)10-16(12)18)20-7-5-14(6-8-20)11-19(3)4/h9-10,13-14,21H,5-8,11H2,1-4H3/t13-/m1/s1. The molecule has 1 saturated heterocycles. The van der Waals surface area contributed by atoms with Gasteiger partial charge in [0.25, 0.3) is 0 Å². The second-order valence-electron chi connectivity index (χ2n) is 6.53. The van der Waals surface area contributed by atoms with Gasteiger partial charge < -0.3 is 14.9 Å². The third-order valence-electron chi connectivity index (χ3n) is 4.34. The minimum absolute atomic E-state index is 0.239. The molecule has 118 valence electrons. The molecule has 0 aliphatic carbocycles. The molecule has 1 atom stereocenters. The fraction of sp³-hybridized carbons (Fsp3) is 0.647. The monoisotopic (exact) mass is 294 g/mol. The Balaban J connectivity index is 2.14. The van der Waals surface area contributed by atoms with Crippen LogP contribution < -0.4 is 4.90 Å². The number of hydrogen-bond acceptors (Lipinski definition) is 3. The average Bonchev–Trinajstić information content (AvgIpc) is 2.41. The maximum atomic E-state index is 13.8. The minimum Gasteiger partial charge on any atom is -0.389 e. The second-order valence-corrected chi connectivity index (χ2v) is 6.53. The Bertz CT molecular complexity index is 480. The topological polar surface area (TPSA) is 26.7 Å². The van der Waals surface area contributed by atoms with Crippen molar-refractivity contribution in [3.8, 4) is 0 Å². The molecule has 1 aromatic rings. The first kappa shape index (κ1) is 16.2. The van der Waals surface area contributed by atoms with E-state index < -0.39 is 6.10 Å². The Kier molecular flexibility index (Phi) is 5.22. The van der Waals surface area contributed by atoms with Crippen LogP contribution in [0.25, 0.3) is 0 Å². The van der Waals surface area contributed by atoms with Crippen LogP contribution in [0.5, 0.6) is 0 Å². The zero-order valence-corrected chi connectivity index (χ0v) is 13.6. The van der Waals surface area contributed by atoms with Crippen LogP contribution in [0.1, 0.15) is 37.0 Å². The Labute approximate surface area is 127 Å². The second kappa shape index (κ2) is 6.75. The normalized spacial score (nSPS) is 18.3. The van der Waals surface area contributed by atoms with Gasteiger partial charge in [-0.25, -0.2) is 4.39 Å². The number of anilines is 1. The van der Waals surface area contributed by atoms with E-state index in [2.05, 4.69) is 23.9 Å². The molecule has 0 bridgehead atoms. The van der Waals surface area contributed by atoms with Crippen LogP contribution in [0.4, 0.5) is 10.1 Å². The van der Waals surface area contributed by atoms with Gasteiger partial charge in [0.2, 0.25) is 0 Å². The van der Waals surface area contributed by atoms with Crippen LogP contribution in [-0.4, -0.2) is 43.7 Å². The molecule has 21 heavy (non-hydrogen) atoms. The highest BCUT2D eigenvalue weighted by Crippen LogP contribution is 2.32. The lowest BCUT2D eigenvalue weighted by Gasteiger charge is -2.36. The summed E-state index contributed by atoms with van der Waals surface area (Å²) in [6.07, 6.45) is 1.65. The maximum Gasteiger partial charge on any atom is 0.126 e. The van der Waals surface area contributed by atoms with Gasteiger partial charge in [-0.1, -0.05) is 0 Å². The summed E-state index contributed by atoms with van der Waals surface area (Å²) in [6.45, 7) is 6.56. The summed E-state index contributed by atoms with van der Waals surface area (Å²) in [5, 5.41) is 9.92. The highest BCUT2D eigenvalue weighted by Gasteiger charge is 2.23. The first-order valence-electron chi connectivity index (χ1n) is 7.76. The van der Waals surface area contributed by atoms with Crippen molar-refractivity contribution in [3.63, 3.8) is 0 Å². The number of halogens is 1. The van der Waals surface area contributed by atoms with Crippen molar-refractivity contribution in [1.29, 1.82) is 0 Å². The van der Waals surface area contributed by atoms with E-state index in [1.807, 2.05) is 6.07 Å². The van der Waals surface area contributed by atoms with Gasteiger partial charge in [-0.05, 0) is 64.4 Å². The lowest BCUT2D eigenvalue weighted by atomic mass is 9.94. The molecule has 0 saturated carbocycles. The maximum absolute atomic E-state index is 13.8. The molecule has 0 aromatic heterocycles. The molecule has 1 heterocycles. The van der Waals surface area contributed by atoms with Crippen LogP contribution in [0.2, 0.25) is 0 Å². The van der Waals surface area contributed by atoms with Crippen LogP contribution in [-0.2, 0) is 0 Å². The van der Waals surface area contributed by atoms with Crippen molar-refractivity contribution in [2.45, 2.75) is 32.8 Å². The molecule has 1 N–H and O–H groups in total. The molecule has 1 aliphatic heterocycles. The number of benzene rings is 1.